The molecule has 0 saturated heterocycles. The molecule has 2 aromatic rings. The predicted molar refractivity (Wildman–Crippen MR) is 97.6 cm³/mol. The summed E-state index contributed by atoms with van der Waals surface area (Å²) < 4.78 is 67.1. The lowest BCUT2D eigenvalue weighted by Gasteiger charge is -2.11. The molecule has 0 radical (unpaired) electrons. The minimum Gasteiger partial charge on any atom is -0.493 e. The van der Waals surface area contributed by atoms with E-state index in [1.165, 1.54) is 16.9 Å². The lowest BCUT2D eigenvalue weighted by Crippen LogP contribution is -2.33. The van der Waals surface area contributed by atoms with Crippen molar-refractivity contribution >= 4 is 21.6 Å². The summed E-state index contributed by atoms with van der Waals surface area (Å²) in [5.41, 5.74) is 1.26. The van der Waals surface area contributed by atoms with Gasteiger partial charge >= 0.3 is 6.18 Å². The van der Waals surface area contributed by atoms with Gasteiger partial charge in [-0.25, -0.2) is 13.1 Å². The second-order valence-corrected chi connectivity index (χ2v) is 7.64. The quantitative estimate of drug-likeness (QED) is 0.692. The van der Waals surface area contributed by atoms with Crippen LogP contribution < -0.4 is 14.8 Å². The monoisotopic (exact) mass is 416 g/mol. The number of amides is 1. The number of carbonyl (C=O) groups excluding carboxylic acids is 1. The summed E-state index contributed by atoms with van der Waals surface area (Å²) in [5.74, 6) is 0.329. The lowest BCUT2D eigenvalue weighted by molar-refractivity contribution is -0.121. The highest BCUT2D eigenvalue weighted by Crippen LogP contribution is 2.18. The van der Waals surface area contributed by atoms with Crippen molar-refractivity contribution in [3.63, 3.8) is 0 Å². The number of carbonyl (C=O) groups is 1. The summed E-state index contributed by atoms with van der Waals surface area (Å²) in [6, 6.07) is 12.2. The summed E-state index contributed by atoms with van der Waals surface area (Å²) in [7, 11) is -4.29. The normalized spacial score (nSPS) is 11.9. The van der Waals surface area contributed by atoms with E-state index in [2.05, 4.69) is 5.32 Å². The lowest BCUT2D eigenvalue weighted by atomic mass is 10.2. The van der Waals surface area contributed by atoms with Crippen LogP contribution in [0.3, 0.4) is 0 Å². The van der Waals surface area contributed by atoms with Gasteiger partial charge in [0.15, 0.2) is 0 Å². The Kier molecular flexibility index (Phi) is 7.03. The highest BCUT2D eigenvalue weighted by molar-refractivity contribution is 7.89. The molecule has 0 aliphatic carbocycles. The van der Waals surface area contributed by atoms with Crippen molar-refractivity contribution in [2.45, 2.75) is 24.4 Å². The summed E-state index contributed by atoms with van der Waals surface area (Å²) >= 11 is 0. The van der Waals surface area contributed by atoms with Crippen molar-refractivity contribution in [2.24, 2.45) is 0 Å². The van der Waals surface area contributed by atoms with E-state index in [0.29, 0.717) is 11.4 Å². The number of aryl methyl sites for hydroxylation is 1. The minimum atomic E-state index is -4.65. The first-order valence-corrected chi connectivity index (χ1v) is 9.70. The number of halogens is 3. The first-order chi connectivity index (χ1) is 13.1. The molecular formula is C18H19F3N2O4S. The van der Waals surface area contributed by atoms with Crippen LogP contribution >= 0.6 is 0 Å². The molecule has 0 fully saturated rings. The number of rotatable bonds is 8. The van der Waals surface area contributed by atoms with Crippen molar-refractivity contribution in [1.82, 2.24) is 4.72 Å². The Balaban J connectivity index is 1.86. The van der Waals surface area contributed by atoms with E-state index < -0.39 is 22.7 Å². The molecule has 10 heteroatoms. The van der Waals surface area contributed by atoms with Crippen LogP contribution in [0.5, 0.6) is 5.75 Å². The number of nitrogens with one attached hydrogen (secondary N) is 2. The van der Waals surface area contributed by atoms with Crippen molar-refractivity contribution in [2.75, 3.05) is 18.5 Å². The van der Waals surface area contributed by atoms with E-state index in [1.54, 1.807) is 6.07 Å². The van der Waals surface area contributed by atoms with Crippen LogP contribution in [0, 0.1) is 6.92 Å². The van der Waals surface area contributed by atoms with E-state index in [1.807, 2.05) is 25.1 Å². The van der Waals surface area contributed by atoms with Crippen molar-refractivity contribution < 1.29 is 31.1 Å². The molecule has 2 rings (SSSR count). The number of alkyl halides is 3. The Morgan fingerprint density at radius 3 is 2.32 bits per heavy atom. The van der Waals surface area contributed by atoms with E-state index in [9.17, 15) is 26.4 Å². The third-order valence-corrected chi connectivity index (χ3v) is 5.01. The summed E-state index contributed by atoms with van der Waals surface area (Å²) in [4.78, 5) is 11.6. The number of benzene rings is 2. The van der Waals surface area contributed by atoms with Gasteiger partial charge in [0.1, 0.15) is 12.3 Å². The van der Waals surface area contributed by atoms with Gasteiger partial charge in [-0.3, -0.25) is 4.79 Å². The highest BCUT2D eigenvalue weighted by Gasteiger charge is 2.30. The van der Waals surface area contributed by atoms with E-state index in [4.69, 9.17) is 4.74 Å². The third kappa shape index (κ3) is 6.86. The highest BCUT2D eigenvalue weighted by atomic mass is 32.2. The number of para-hydroxylation sites is 1. The van der Waals surface area contributed by atoms with Crippen LogP contribution in [-0.4, -0.2) is 33.7 Å². The summed E-state index contributed by atoms with van der Waals surface area (Å²) in [5, 5.41) is 2.56. The molecule has 0 unspecified atom stereocenters. The maximum absolute atomic E-state index is 12.2. The predicted octanol–water partition coefficient (Wildman–Crippen LogP) is 3.24. The zero-order valence-corrected chi connectivity index (χ0v) is 15.7. The number of sulfonamides is 1. The van der Waals surface area contributed by atoms with Gasteiger partial charge in [-0.1, -0.05) is 18.2 Å². The van der Waals surface area contributed by atoms with Crippen LogP contribution in [-0.2, 0) is 14.8 Å². The molecule has 0 aliphatic rings. The van der Waals surface area contributed by atoms with Gasteiger partial charge in [0.25, 0.3) is 0 Å². The van der Waals surface area contributed by atoms with Gasteiger partial charge in [-0.2, -0.15) is 13.2 Å². The smallest absolute Gasteiger partial charge is 0.402 e. The Morgan fingerprint density at radius 1 is 1.07 bits per heavy atom. The number of hydrogen-bond donors (Lipinski definition) is 2. The molecule has 2 aromatic carbocycles. The van der Waals surface area contributed by atoms with E-state index >= 15 is 0 Å². The van der Waals surface area contributed by atoms with E-state index in [0.717, 1.165) is 17.7 Å². The zero-order chi connectivity index (χ0) is 20.8. The van der Waals surface area contributed by atoms with Gasteiger partial charge in [0.2, 0.25) is 15.9 Å². The first-order valence-electron chi connectivity index (χ1n) is 8.21. The molecule has 0 heterocycles. The largest absolute Gasteiger partial charge is 0.493 e. The third-order valence-electron chi connectivity index (χ3n) is 3.59. The average Bonchev–Trinajstić information content (AvgIpc) is 2.62. The topological polar surface area (TPSA) is 84.5 Å². The zero-order valence-electron chi connectivity index (χ0n) is 14.9. The average molecular weight is 416 g/mol. The Bertz CT molecular complexity index is 913. The fourth-order valence-electron chi connectivity index (χ4n) is 2.17. The maximum Gasteiger partial charge on any atom is 0.402 e. The van der Waals surface area contributed by atoms with Gasteiger partial charge < -0.3 is 10.1 Å². The van der Waals surface area contributed by atoms with Crippen LogP contribution in [0.1, 0.15) is 12.0 Å². The molecule has 0 atom stereocenters. The Hall–Kier alpha value is -2.59. The number of ether oxygens (including phenoxy) is 1. The second-order valence-electron chi connectivity index (χ2n) is 5.88. The van der Waals surface area contributed by atoms with Crippen molar-refractivity contribution in [3.05, 3.63) is 54.1 Å². The van der Waals surface area contributed by atoms with E-state index in [-0.39, 0.29) is 23.8 Å². The van der Waals surface area contributed by atoms with Gasteiger partial charge in [-0.15, -0.1) is 0 Å². The molecule has 0 bridgehead atoms. The Morgan fingerprint density at radius 2 is 1.71 bits per heavy atom. The standard InChI is InChI=1S/C18H19F3N2O4S/c1-13-4-2-3-5-16(13)27-11-10-17(24)23-14-6-8-15(9-7-14)28(25,26)22-12-18(19,20)21/h2-9,22H,10-12H2,1H3,(H,23,24). The SMILES string of the molecule is Cc1ccccc1OCCC(=O)Nc1ccc(S(=O)(=O)NCC(F)(F)F)cc1. The van der Waals surface area contributed by atoms with Crippen molar-refractivity contribution in [3.8, 4) is 5.75 Å². The van der Waals surface area contributed by atoms with Gasteiger partial charge in [0.05, 0.1) is 17.9 Å². The van der Waals surface area contributed by atoms with Crippen LogP contribution in [0.25, 0.3) is 0 Å². The molecule has 1 amide bonds. The second kappa shape index (κ2) is 9.07. The molecule has 6 nitrogen and oxygen atoms in total. The number of anilines is 1. The van der Waals surface area contributed by atoms with Crippen molar-refractivity contribution in [1.29, 1.82) is 0 Å². The van der Waals surface area contributed by atoms with Crippen LogP contribution in [0.15, 0.2) is 53.4 Å². The fourth-order valence-corrected chi connectivity index (χ4v) is 3.19. The minimum absolute atomic E-state index is 0.0710. The van der Waals surface area contributed by atoms with Gasteiger partial charge in [-0.05, 0) is 42.8 Å². The maximum atomic E-state index is 12.2. The Labute approximate surface area is 160 Å². The summed E-state index contributed by atoms with van der Waals surface area (Å²) in [6.07, 6.45) is -4.58. The molecule has 2 N–H and O–H groups in total. The molecule has 0 saturated carbocycles. The fraction of sp³-hybridized carbons (Fsp3) is 0.278. The van der Waals surface area contributed by atoms with Crippen LogP contribution in [0.2, 0.25) is 0 Å². The number of hydrogen-bond acceptors (Lipinski definition) is 4. The van der Waals surface area contributed by atoms with Gasteiger partial charge in [0, 0.05) is 5.69 Å². The molecule has 0 spiro atoms. The van der Waals surface area contributed by atoms with Crippen LogP contribution in [0.4, 0.5) is 18.9 Å². The molecule has 0 aliphatic heterocycles. The summed E-state index contributed by atoms with van der Waals surface area (Å²) in [6.45, 7) is 0.383. The molecule has 0 aromatic heterocycles. The first kappa shape index (κ1) is 21.7. The molecular weight excluding hydrogens is 397 g/mol. The molecule has 28 heavy (non-hydrogen) atoms. The molecule has 152 valence electrons.